The minimum atomic E-state index is -1.08. The number of amides is 1. The van der Waals surface area contributed by atoms with Crippen molar-refractivity contribution in [3.8, 4) is 0 Å². The van der Waals surface area contributed by atoms with Crippen LogP contribution in [-0.4, -0.2) is 29.8 Å². The predicted molar refractivity (Wildman–Crippen MR) is 73.4 cm³/mol. The lowest BCUT2D eigenvalue weighted by Crippen LogP contribution is -2.19. The maximum Gasteiger partial charge on any atom is 0.371 e. The number of rotatable bonds is 5. The summed E-state index contributed by atoms with van der Waals surface area (Å²) in [6.07, 6.45) is 0. The van der Waals surface area contributed by atoms with Crippen LogP contribution in [0, 0.1) is 0 Å². The highest BCUT2D eigenvalue weighted by molar-refractivity contribution is 7.99. The summed E-state index contributed by atoms with van der Waals surface area (Å²) >= 11 is 1.50. The molecule has 0 aliphatic heterocycles. The molecule has 2 N–H and O–H groups in total. The SMILES string of the molecule is CNC(=O)CSCc1ccc2oc(C(=O)O)cc2c1. The van der Waals surface area contributed by atoms with Crippen LogP contribution in [0.1, 0.15) is 16.1 Å². The summed E-state index contributed by atoms with van der Waals surface area (Å²) in [6.45, 7) is 0. The zero-order valence-electron chi connectivity index (χ0n) is 10.3. The molecule has 100 valence electrons. The van der Waals surface area contributed by atoms with Crippen LogP contribution in [0.5, 0.6) is 0 Å². The second-order valence-electron chi connectivity index (χ2n) is 3.95. The molecule has 1 amide bonds. The fourth-order valence-electron chi connectivity index (χ4n) is 1.62. The van der Waals surface area contributed by atoms with Gasteiger partial charge in [0, 0.05) is 18.2 Å². The monoisotopic (exact) mass is 279 g/mol. The van der Waals surface area contributed by atoms with Crippen molar-refractivity contribution in [2.45, 2.75) is 5.75 Å². The molecule has 5 nitrogen and oxygen atoms in total. The van der Waals surface area contributed by atoms with E-state index in [1.54, 1.807) is 13.1 Å². The number of carbonyl (C=O) groups is 2. The molecule has 2 aromatic rings. The second kappa shape index (κ2) is 5.79. The molecule has 2 rings (SSSR count). The van der Waals surface area contributed by atoms with E-state index in [9.17, 15) is 9.59 Å². The van der Waals surface area contributed by atoms with Gasteiger partial charge in [-0.1, -0.05) is 6.07 Å². The van der Waals surface area contributed by atoms with E-state index in [-0.39, 0.29) is 11.7 Å². The first-order valence-corrected chi connectivity index (χ1v) is 6.79. The topological polar surface area (TPSA) is 79.5 Å². The van der Waals surface area contributed by atoms with E-state index in [0.29, 0.717) is 17.1 Å². The minimum absolute atomic E-state index is 0.0115. The van der Waals surface area contributed by atoms with E-state index in [1.165, 1.54) is 17.8 Å². The largest absolute Gasteiger partial charge is 0.475 e. The smallest absolute Gasteiger partial charge is 0.371 e. The van der Waals surface area contributed by atoms with Crippen molar-refractivity contribution >= 4 is 34.6 Å². The van der Waals surface area contributed by atoms with Gasteiger partial charge in [0.25, 0.3) is 0 Å². The zero-order valence-corrected chi connectivity index (χ0v) is 11.1. The third-order valence-electron chi connectivity index (χ3n) is 2.57. The van der Waals surface area contributed by atoms with E-state index in [4.69, 9.17) is 9.52 Å². The normalized spacial score (nSPS) is 10.6. The molecule has 0 aliphatic carbocycles. The molecule has 0 radical (unpaired) electrons. The number of nitrogens with one attached hydrogen (secondary N) is 1. The standard InChI is InChI=1S/C13H13NO4S/c1-14-12(15)7-19-6-8-2-3-10-9(4-8)5-11(18-10)13(16)17/h2-5H,6-7H2,1H3,(H,14,15)(H,16,17). The van der Waals surface area contributed by atoms with Gasteiger partial charge >= 0.3 is 5.97 Å². The van der Waals surface area contributed by atoms with E-state index in [1.807, 2.05) is 12.1 Å². The Balaban J connectivity index is 2.08. The summed E-state index contributed by atoms with van der Waals surface area (Å²) in [6, 6.07) is 7.00. The van der Waals surface area contributed by atoms with Crippen LogP contribution in [0.3, 0.4) is 0 Å². The van der Waals surface area contributed by atoms with Crippen LogP contribution in [0.4, 0.5) is 0 Å². The molecule has 0 atom stereocenters. The van der Waals surface area contributed by atoms with Gasteiger partial charge in [0.15, 0.2) is 0 Å². The van der Waals surface area contributed by atoms with Gasteiger partial charge in [0.2, 0.25) is 11.7 Å². The number of hydrogen-bond acceptors (Lipinski definition) is 4. The first-order valence-electron chi connectivity index (χ1n) is 5.64. The maximum absolute atomic E-state index is 11.1. The lowest BCUT2D eigenvalue weighted by Gasteiger charge is -2.01. The quantitative estimate of drug-likeness (QED) is 0.876. The summed E-state index contributed by atoms with van der Waals surface area (Å²) in [7, 11) is 1.61. The summed E-state index contributed by atoms with van der Waals surface area (Å²) in [5.41, 5.74) is 1.58. The Morgan fingerprint density at radius 2 is 2.16 bits per heavy atom. The highest BCUT2D eigenvalue weighted by Gasteiger charge is 2.10. The first-order chi connectivity index (χ1) is 9.10. The predicted octanol–water partition coefficient (Wildman–Crippen LogP) is 2.11. The highest BCUT2D eigenvalue weighted by Crippen LogP contribution is 2.23. The Hall–Kier alpha value is -1.95. The molecule has 1 aromatic heterocycles. The average Bonchev–Trinajstić information content (AvgIpc) is 2.81. The molecule has 1 aromatic carbocycles. The average molecular weight is 279 g/mol. The van der Waals surface area contributed by atoms with Gasteiger partial charge in [-0.15, -0.1) is 11.8 Å². The number of thioether (sulfide) groups is 1. The molecule has 0 saturated heterocycles. The number of carboxylic acids is 1. The van der Waals surface area contributed by atoms with Crippen molar-refractivity contribution in [3.63, 3.8) is 0 Å². The molecular weight excluding hydrogens is 266 g/mol. The lowest BCUT2D eigenvalue weighted by molar-refractivity contribution is -0.118. The molecule has 19 heavy (non-hydrogen) atoms. The summed E-state index contributed by atoms with van der Waals surface area (Å²) in [4.78, 5) is 21.9. The number of benzene rings is 1. The van der Waals surface area contributed by atoms with Crippen LogP contribution in [0.2, 0.25) is 0 Å². The Morgan fingerprint density at radius 1 is 1.37 bits per heavy atom. The van der Waals surface area contributed by atoms with Crippen molar-refractivity contribution in [2.75, 3.05) is 12.8 Å². The van der Waals surface area contributed by atoms with Crippen molar-refractivity contribution < 1.29 is 19.1 Å². The lowest BCUT2D eigenvalue weighted by atomic mass is 10.2. The van der Waals surface area contributed by atoms with Gasteiger partial charge < -0.3 is 14.8 Å². The van der Waals surface area contributed by atoms with Crippen LogP contribution >= 0.6 is 11.8 Å². The minimum Gasteiger partial charge on any atom is -0.475 e. The molecule has 1 heterocycles. The Kier molecular flexibility index (Phi) is 4.11. The van der Waals surface area contributed by atoms with E-state index in [2.05, 4.69) is 5.32 Å². The summed E-state index contributed by atoms with van der Waals surface area (Å²) < 4.78 is 5.17. The van der Waals surface area contributed by atoms with Crippen molar-refractivity contribution in [1.29, 1.82) is 0 Å². The van der Waals surface area contributed by atoms with Gasteiger partial charge in [0.1, 0.15) is 5.58 Å². The van der Waals surface area contributed by atoms with Crippen molar-refractivity contribution in [1.82, 2.24) is 5.32 Å². The van der Waals surface area contributed by atoms with Crippen LogP contribution < -0.4 is 5.32 Å². The molecular formula is C13H13NO4S. The summed E-state index contributed by atoms with van der Waals surface area (Å²) in [5, 5.41) is 12.2. The fraction of sp³-hybridized carbons (Fsp3) is 0.231. The summed E-state index contributed by atoms with van der Waals surface area (Å²) in [5.74, 6) is -0.0588. The molecule has 0 bridgehead atoms. The van der Waals surface area contributed by atoms with Crippen LogP contribution in [0.15, 0.2) is 28.7 Å². The Bertz CT molecular complexity index is 620. The second-order valence-corrected chi connectivity index (χ2v) is 4.94. The molecule has 0 spiro atoms. The van der Waals surface area contributed by atoms with E-state index < -0.39 is 5.97 Å². The van der Waals surface area contributed by atoms with Crippen molar-refractivity contribution in [3.05, 3.63) is 35.6 Å². The first kappa shape index (κ1) is 13.5. The number of carbonyl (C=O) groups excluding carboxylic acids is 1. The zero-order chi connectivity index (χ0) is 13.8. The van der Waals surface area contributed by atoms with Gasteiger partial charge in [-0.3, -0.25) is 4.79 Å². The maximum atomic E-state index is 11.1. The van der Waals surface area contributed by atoms with Crippen LogP contribution in [-0.2, 0) is 10.5 Å². The molecule has 0 aliphatic rings. The molecule has 0 saturated carbocycles. The number of aromatic carboxylic acids is 1. The van der Waals surface area contributed by atoms with Gasteiger partial charge in [0.05, 0.1) is 5.75 Å². The Labute approximate surface area is 114 Å². The Morgan fingerprint density at radius 3 is 2.84 bits per heavy atom. The number of furan rings is 1. The molecule has 0 unspecified atom stereocenters. The van der Waals surface area contributed by atoms with Crippen molar-refractivity contribution in [2.24, 2.45) is 0 Å². The number of hydrogen-bond donors (Lipinski definition) is 2. The third-order valence-corrected chi connectivity index (χ3v) is 3.58. The number of fused-ring (bicyclic) bond motifs is 1. The number of carboxylic acid groups (broad SMARTS) is 1. The third kappa shape index (κ3) is 3.29. The van der Waals surface area contributed by atoms with Gasteiger partial charge in [-0.25, -0.2) is 4.79 Å². The van der Waals surface area contributed by atoms with Gasteiger partial charge in [-0.2, -0.15) is 0 Å². The highest BCUT2D eigenvalue weighted by atomic mass is 32.2. The molecule has 6 heteroatoms. The van der Waals surface area contributed by atoms with E-state index >= 15 is 0 Å². The fourth-order valence-corrected chi connectivity index (χ4v) is 2.47. The molecule has 0 fully saturated rings. The van der Waals surface area contributed by atoms with Gasteiger partial charge in [-0.05, 0) is 23.8 Å². The van der Waals surface area contributed by atoms with E-state index in [0.717, 1.165) is 10.9 Å². The van der Waals surface area contributed by atoms with Crippen LogP contribution in [0.25, 0.3) is 11.0 Å².